The second-order valence-corrected chi connectivity index (χ2v) is 4.46. The molecule has 1 atom stereocenters. The molecule has 0 aliphatic heterocycles. The van der Waals surface area contributed by atoms with Crippen LogP contribution in [-0.2, 0) is 0 Å². The molecule has 20 heavy (non-hydrogen) atoms. The van der Waals surface area contributed by atoms with Gasteiger partial charge in [-0.1, -0.05) is 12.1 Å². The lowest BCUT2D eigenvalue weighted by Gasteiger charge is -2.15. The molecule has 6 nitrogen and oxygen atoms in total. The molecule has 2 heterocycles. The number of benzene rings is 1. The second kappa shape index (κ2) is 5.48. The van der Waals surface area contributed by atoms with Crippen LogP contribution >= 0.6 is 0 Å². The van der Waals surface area contributed by atoms with Gasteiger partial charge in [0.25, 0.3) is 0 Å². The number of hydrogen-bond acceptors (Lipinski definition) is 5. The minimum absolute atomic E-state index is 0.174. The van der Waals surface area contributed by atoms with Crippen molar-refractivity contribution in [1.29, 1.82) is 0 Å². The molecule has 0 fully saturated rings. The fourth-order valence-corrected chi connectivity index (χ4v) is 1.98. The molecule has 6 heteroatoms. The molecule has 0 amide bonds. The van der Waals surface area contributed by atoms with Crippen LogP contribution in [0.25, 0.3) is 5.69 Å². The van der Waals surface area contributed by atoms with E-state index < -0.39 is 0 Å². The number of hydrogen-bond donors (Lipinski definition) is 1. The number of nitrogens with zero attached hydrogens (tertiary/aromatic N) is 5. The van der Waals surface area contributed by atoms with Gasteiger partial charge in [-0.2, -0.15) is 0 Å². The average Bonchev–Trinajstić information content (AvgIpc) is 3.03. The van der Waals surface area contributed by atoms with Crippen molar-refractivity contribution in [2.45, 2.75) is 13.0 Å². The molecular formula is C14H14N6. The van der Waals surface area contributed by atoms with Gasteiger partial charge in [-0.3, -0.25) is 4.98 Å². The first-order valence-electron chi connectivity index (χ1n) is 6.33. The van der Waals surface area contributed by atoms with Gasteiger partial charge >= 0.3 is 0 Å². The molecule has 1 N–H and O–H groups in total. The molecule has 3 rings (SSSR count). The summed E-state index contributed by atoms with van der Waals surface area (Å²) in [7, 11) is 0. The van der Waals surface area contributed by atoms with Gasteiger partial charge in [0.1, 0.15) is 6.33 Å². The van der Waals surface area contributed by atoms with Gasteiger partial charge in [0, 0.05) is 18.1 Å². The highest BCUT2D eigenvalue weighted by Crippen LogP contribution is 2.20. The highest BCUT2D eigenvalue weighted by molar-refractivity contribution is 5.51. The van der Waals surface area contributed by atoms with Crippen molar-refractivity contribution in [3.8, 4) is 5.69 Å². The largest absolute Gasteiger partial charge is 0.378 e. The van der Waals surface area contributed by atoms with E-state index in [2.05, 4.69) is 38.8 Å². The normalized spacial score (nSPS) is 12.1. The molecule has 0 bridgehead atoms. The van der Waals surface area contributed by atoms with Crippen molar-refractivity contribution in [1.82, 2.24) is 25.2 Å². The highest BCUT2D eigenvalue weighted by atomic mass is 15.5. The van der Waals surface area contributed by atoms with Crippen molar-refractivity contribution >= 4 is 5.69 Å². The number of rotatable bonds is 4. The first kappa shape index (κ1) is 12.3. The maximum Gasteiger partial charge on any atom is 0.143 e. The Morgan fingerprint density at radius 3 is 2.90 bits per heavy atom. The zero-order chi connectivity index (χ0) is 13.8. The zero-order valence-corrected chi connectivity index (χ0v) is 11.0. The topological polar surface area (TPSA) is 68.5 Å². The number of pyridine rings is 1. The van der Waals surface area contributed by atoms with Crippen molar-refractivity contribution in [3.63, 3.8) is 0 Å². The quantitative estimate of drug-likeness (QED) is 0.784. The maximum atomic E-state index is 4.13. The Kier molecular flexibility index (Phi) is 3.36. The smallest absolute Gasteiger partial charge is 0.143 e. The van der Waals surface area contributed by atoms with E-state index >= 15 is 0 Å². The standard InChI is InChI=1S/C14H14N6/c1-11(12-4-3-7-15-9-12)17-13-5-2-6-14(8-13)20-10-16-18-19-20/h2-11,17H,1H3. The molecule has 0 aliphatic rings. The first-order chi connectivity index (χ1) is 9.83. The van der Waals surface area contributed by atoms with E-state index in [0.29, 0.717) is 0 Å². The van der Waals surface area contributed by atoms with Crippen LogP contribution in [0, 0.1) is 0 Å². The summed E-state index contributed by atoms with van der Waals surface area (Å²) in [6.07, 6.45) is 5.21. The van der Waals surface area contributed by atoms with E-state index in [1.54, 1.807) is 17.2 Å². The summed E-state index contributed by atoms with van der Waals surface area (Å²) < 4.78 is 1.62. The zero-order valence-electron chi connectivity index (χ0n) is 11.0. The molecule has 0 aliphatic carbocycles. The molecule has 100 valence electrons. The summed E-state index contributed by atoms with van der Waals surface area (Å²) in [5, 5.41) is 14.6. The number of nitrogens with one attached hydrogen (secondary N) is 1. The third-order valence-electron chi connectivity index (χ3n) is 3.03. The summed E-state index contributed by atoms with van der Waals surface area (Å²) in [5.74, 6) is 0. The minimum Gasteiger partial charge on any atom is -0.378 e. The summed E-state index contributed by atoms with van der Waals surface area (Å²) in [5.41, 5.74) is 3.06. The third-order valence-corrected chi connectivity index (χ3v) is 3.03. The van der Waals surface area contributed by atoms with Crippen LogP contribution in [0.2, 0.25) is 0 Å². The number of tetrazole rings is 1. The van der Waals surface area contributed by atoms with Gasteiger partial charge in [-0.15, -0.1) is 5.10 Å². The molecule has 2 aromatic heterocycles. The monoisotopic (exact) mass is 266 g/mol. The lowest BCUT2D eigenvalue weighted by molar-refractivity contribution is 0.788. The van der Waals surface area contributed by atoms with Crippen LogP contribution in [0.5, 0.6) is 0 Å². The summed E-state index contributed by atoms with van der Waals surface area (Å²) in [4.78, 5) is 4.13. The summed E-state index contributed by atoms with van der Waals surface area (Å²) in [6, 6.07) is 12.1. The Labute approximate surface area is 116 Å². The van der Waals surface area contributed by atoms with Crippen molar-refractivity contribution in [3.05, 3.63) is 60.7 Å². The van der Waals surface area contributed by atoms with E-state index in [0.717, 1.165) is 16.9 Å². The Bertz CT molecular complexity index is 665. The van der Waals surface area contributed by atoms with Gasteiger partial charge in [0.15, 0.2) is 0 Å². The van der Waals surface area contributed by atoms with Crippen molar-refractivity contribution in [2.24, 2.45) is 0 Å². The number of anilines is 1. The van der Waals surface area contributed by atoms with Gasteiger partial charge in [0.05, 0.1) is 11.7 Å². The van der Waals surface area contributed by atoms with E-state index in [1.807, 2.05) is 36.5 Å². The van der Waals surface area contributed by atoms with E-state index in [4.69, 9.17) is 0 Å². The predicted octanol–water partition coefficient (Wildman–Crippen LogP) is 2.23. The lowest BCUT2D eigenvalue weighted by Crippen LogP contribution is -2.07. The fourth-order valence-electron chi connectivity index (χ4n) is 1.98. The molecule has 3 aromatic rings. The first-order valence-corrected chi connectivity index (χ1v) is 6.33. The molecule has 0 radical (unpaired) electrons. The molecule has 1 unspecified atom stereocenters. The molecule has 0 saturated carbocycles. The van der Waals surface area contributed by atoms with Gasteiger partial charge in [0.2, 0.25) is 0 Å². The van der Waals surface area contributed by atoms with Crippen LogP contribution in [-0.4, -0.2) is 25.2 Å². The fraction of sp³-hybridized carbons (Fsp3) is 0.143. The van der Waals surface area contributed by atoms with E-state index in [-0.39, 0.29) is 6.04 Å². The van der Waals surface area contributed by atoms with Crippen molar-refractivity contribution < 1.29 is 0 Å². The lowest BCUT2D eigenvalue weighted by atomic mass is 10.1. The van der Waals surface area contributed by atoms with Crippen LogP contribution in [0.15, 0.2) is 55.1 Å². The minimum atomic E-state index is 0.174. The molecule has 1 aromatic carbocycles. The van der Waals surface area contributed by atoms with Crippen LogP contribution in [0.3, 0.4) is 0 Å². The predicted molar refractivity (Wildman–Crippen MR) is 75.4 cm³/mol. The SMILES string of the molecule is CC(Nc1cccc(-n2cnnn2)c1)c1cccnc1. The average molecular weight is 266 g/mol. The Morgan fingerprint density at radius 2 is 2.15 bits per heavy atom. The van der Waals surface area contributed by atoms with Crippen LogP contribution in [0.1, 0.15) is 18.5 Å². The van der Waals surface area contributed by atoms with Gasteiger partial charge in [-0.05, 0) is 47.2 Å². The highest BCUT2D eigenvalue weighted by Gasteiger charge is 2.06. The number of aromatic nitrogens is 5. The Balaban J connectivity index is 1.80. The van der Waals surface area contributed by atoms with Gasteiger partial charge in [-0.25, -0.2) is 4.68 Å². The Hall–Kier alpha value is -2.76. The van der Waals surface area contributed by atoms with Crippen molar-refractivity contribution in [2.75, 3.05) is 5.32 Å². The summed E-state index contributed by atoms with van der Waals surface area (Å²) >= 11 is 0. The Morgan fingerprint density at radius 1 is 1.20 bits per heavy atom. The molecular weight excluding hydrogens is 252 g/mol. The second-order valence-electron chi connectivity index (χ2n) is 4.46. The van der Waals surface area contributed by atoms with E-state index in [9.17, 15) is 0 Å². The molecule has 0 saturated heterocycles. The van der Waals surface area contributed by atoms with Gasteiger partial charge < -0.3 is 5.32 Å². The van der Waals surface area contributed by atoms with Crippen LogP contribution in [0.4, 0.5) is 5.69 Å². The third kappa shape index (κ3) is 2.64. The summed E-state index contributed by atoms with van der Waals surface area (Å²) in [6.45, 7) is 2.10. The van der Waals surface area contributed by atoms with E-state index in [1.165, 1.54) is 0 Å². The maximum absolute atomic E-state index is 4.13. The van der Waals surface area contributed by atoms with Crippen LogP contribution < -0.4 is 5.32 Å². The molecule has 0 spiro atoms.